The highest BCUT2D eigenvalue weighted by atomic mass is 35.5. The first-order valence-electron chi connectivity index (χ1n) is 4.70. The van der Waals surface area contributed by atoms with Gasteiger partial charge in [-0.05, 0) is 31.5 Å². The minimum atomic E-state index is 0.131. The molecule has 80 valence electrons. The summed E-state index contributed by atoms with van der Waals surface area (Å²) >= 11 is 13.9. The first-order valence-corrected chi connectivity index (χ1v) is 6.27. The van der Waals surface area contributed by atoms with Gasteiger partial charge in [0.05, 0.1) is 5.02 Å². The molecular formula is C11H11Cl2NS. The van der Waals surface area contributed by atoms with Crippen LogP contribution >= 0.6 is 34.5 Å². The summed E-state index contributed by atoms with van der Waals surface area (Å²) in [5.74, 6) is 0. The zero-order chi connectivity index (χ0) is 11.0. The zero-order valence-electron chi connectivity index (χ0n) is 8.26. The van der Waals surface area contributed by atoms with Crippen molar-refractivity contribution in [2.45, 2.75) is 19.4 Å². The molecule has 1 aromatic carbocycles. The molecule has 2 rings (SSSR count). The van der Waals surface area contributed by atoms with Crippen molar-refractivity contribution in [3.05, 3.63) is 33.1 Å². The van der Waals surface area contributed by atoms with Gasteiger partial charge in [0.1, 0.15) is 0 Å². The Morgan fingerprint density at radius 1 is 1.40 bits per heavy atom. The summed E-state index contributed by atoms with van der Waals surface area (Å²) in [4.78, 5) is 1.14. The molecule has 0 spiro atoms. The van der Waals surface area contributed by atoms with Crippen LogP contribution in [0.25, 0.3) is 10.1 Å². The standard InChI is InChI=1S/C11H11Cl2NS/c1-6(14)4-10-11(13)8-5-7(12)2-3-9(8)15-10/h2-3,5-6H,4,14H2,1H3. The normalized spacial score (nSPS) is 13.3. The summed E-state index contributed by atoms with van der Waals surface area (Å²) in [5, 5.41) is 2.55. The lowest BCUT2D eigenvalue weighted by atomic mass is 10.2. The van der Waals surface area contributed by atoms with E-state index in [-0.39, 0.29) is 6.04 Å². The number of fused-ring (bicyclic) bond motifs is 1. The van der Waals surface area contributed by atoms with Crippen LogP contribution in [0.4, 0.5) is 0 Å². The van der Waals surface area contributed by atoms with Crippen LogP contribution in [0.5, 0.6) is 0 Å². The molecule has 1 aromatic heterocycles. The SMILES string of the molecule is CC(N)Cc1sc2ccc(Cl)cc2c1Cl. The summed E-state index contributed by atoms with van der Waals surface area (Å²) in [6, 6.07) is 5.91. The third-order valence-corrected chi connectivity index (χ3v) is 4.14. The largest absolute Gasteiger partial charge is 0.328 e. The van der Waals surface area contributed by atoms with Crippen molar-refractivity contribution < 1.29 is 0 Å². The van der Waals surface area contributed by atoms with Crippen molar-refractivity contribution in [2.24, 2.45) is 5.73 Å². The van der Waals surface area contributed by atoms with Crippen LogP contribution in [0, 0.1) is 0 Å². The summed E-state index contributed by atoms with van der Waals surface area (Å²) in [5.41, 5.74) is 5.77. The van der Waals surface area contributed by atoms with Crippen molar-refractivity contribution in [1.29, 1.82) is 0 Å². The zero-order valence-corrected chi connectivity index (χ0v) is 10.6. The number of rotatable bonds is 2. The molecular weight excluding hydrogens is 249 g/mol. The van der Waals surface area contributed by atoms with E-state index in [4.69, 9.17) is 28.9 Å². The predicted molar refractivity (Wildman–Crippen MR) is 69.2 cm³/mol. The van der Waals surface area contributed by atoms with E-state index in [0.29, 0.717) is 0 Å². The maximum atomic E-state index is 6.27. The molecule has 0 aliphatic carbocycles. The quantitative estimate of drug-likeness (QED) is 0.864. The van der Waals surface area contributed by atoms with E-state index >= 15 is 0 Å². The van der Waals surface area contributed by atoms with Gasteiger partial charge in [0.2, 0.25) is 0 Å². The van der Waals surface area contributed by atoms with E-state index < -0.39 is 0 Å². The smallest absolute Gasteiger partial charge is 0.0624 e. The van der Waals surface area contributed by atoms with Crippen LogP contribution in [0.1, 0.15) is 11.8 Å². The van der Waals surface area contributed by atoms with Crippen molar-refractivity contribution in [3.8, 4) is 0 Å². The van der Waals surface area contributed by atoms with Crippen LogP contribution in [-0.4, -0.2) is 6.04 Å². The number of thiophene rings is 1. The Hall–Kier alpha value is -0.280. The van der Waals surface area contributed by atoms with Crippen LogP contribution in [0.15, 0.2) is 18.2 Å². The van der Waals surface area contributed by atoms with E-state index in [0.717, 1.165) is 26.7 Å². The molecule has 0 fully saturated rings. The Morgan fingerprint density at radius 3 is 2.80 bits per heavy atom. The molecule has 0 saturated carbocycles. The van der Waals surface area contributed by atoms with Crippen LogP contribution < -0.4 is 5.73 Å². The molecule has 4 heteroatoms. The topological polar surface area (TPSA) is 26.0 Å². The second kappa shape index (κ2) is 4.30. The van der Waals surface area contributed by atoms with Crippen LogP contribution in [0.3, 0.4) is 0 Å². The highest BCUT2D eigenvalue weighted by Gasteiger charge is 2.11. The molecule has 15 heavy (non-hydrogen) atoms. The molecule has 0 aliphatic rings. The fourth-order valence-corrected chi connectivity index (χ4v) is 3.31. The van der Waals surface area contributed by atoms with Gasteiger partial charge in [-0.3, -0.25) is 0 Å². The van der Waals surface area contributed by atoms with Crippen molar-refractivity contribution in [2.75, 3.05) is 0 Å². The second-order valence-electron chi connectivity index (χ2n) is 3.66. The maximum Gasteiger partial charge on any atom is 0.0624 e. The third kappa shape index (κ3) is 2.28. The Morgan fingerprint density at radius 2 is 2.13 bits per heavy atom. The predicted octanol–water partition coefficient (Wildman–Crippen LogP) is 4.10. The van der Waals surface area contributed by atoms with E-state index in [1.54, 1.807) is 11.3 Å². The summed E-state index contributed by atoms with van der Waals surface area (Å²) < 4.78 is 1.17. The Kier molecular flexibility index (Phi) is 3.21. The minimum Gasteiger partial charge on any atom is -0.328 e. The lowest BCUT2D eigenvalue weighted by molar-refractivity contribution is 0.747. The maximum absolute atomic E-state index is 6.27. The monoisotopic (exact) mass is 259 g/mol. The Balaban J connectivity index is 2.54. The van der Waals surface area contributed by atoms with Crippen LogP contribution in [-0.2, 0) is 6.42 Å². The van der Waals surface area contributed by atoms with Gasteiger partial charge in [0.15, 0.2) is 0 Å². The number of hydrogen-bond donors (Lipinski definition) is 1. The number of benzene rings is 1. The molecule has 0 aliphatic heterocycles. The molecule has 0 radical (unpaired) electrons. The van der Waals surface area contributed by atoms with Gasteiger partial charge >= 0.3 is 0 Å². The molecule has 1 unspecified atom stereocenters. The molecule has 0 bridgehead atoms. The summed E-state index contributed by atoms with van der Waals surface area (Å²) in [6.07, 6.45) is 0.815. The number of halogens is 2. The molecule has 2 N–H and O–H groups in total. The molecule has 1 atom stereocenters. The van der Waals surface area contributed by atoms with Crippen molar-refractivity contribution >= 4 is 44.6 Å². The highest BCUT2D eigenvalue weighted by molar-refractivity contribution is 7.19. The van der Waals surface area contributed by atoms with E-state index in [9.17, 15) is 0 Å². The Labute approximate surface area is 103 Å². The average molecular weight is 260 g/mol. The summed E-state index contributed by atoms with van der Waals surface area (Å²) in [7, 11) is 0. The lowest BCUT2D eigenvalue weighted by Crippen LogP contribution is -2.17. The van der Waals surface area contributed by atoms with Crippen molar-refractivity contribution in [1.82, 2.24) is 0 Å². The van der Waals surface area contributed by atoms with Gasteiger partial charge < -0.3 is 5.73 Å². The third-order valence-electron chi connectivity index (χ3n) is 2.16. The fraction of sp³-hybridized carbons (Fsp3) is 0.273. The van der Waals surface area contributed by atoms with Gasteiger partial charge in [0, 0.05) is 26.0 Å². The molecule has 0 amide bonds. The number of nitrogens with two attached hydrogens (primary N) is 1. The fourth-order valence-electron chi connectivity index (χ4n) is 1.51. The first kappa shape index (κ1) is 11.2. The van der Waals surface area contributed by atoms with Gasteiger partial charge in [-0.25, -0.2) is 0 Å². The highest BCUT2D eigenvalue weighted by Crippen LogP contribution is 2.37. The van der Waals surface area contributed by atoms with Gasteiger partial charge in [0.25, 0.3) is 0 Å². The average Bonchev–Trinajstić information content (AvgIpc) is 2.44. The first-order chi connectivity index (χ1) is 7.08. The lowest BCUT2D eigenvalue weighted by Gasteiger charge is -2.01. The molecule has 1 nitrogen and oxygen atoms in total. The van der Waals surface area contributed by atoms with E-state index in [1.165, 1.54) is 4.70 Å². The van der Waals surface area contributed by atoms with Gasteiger partial charge in [-0.2, -0.15) is 0 Å². The van der Waals surface area contributed by atoms with Crippen molar-refractivity contribution in [3.63, 3.8) is 0 Å². The Bertz CT molecular complexity index is 491. The minimum absolute atomic E-state index is 0.131. The van der Waals surface area contributed by atoms with E-state index in [2.05, 4.69) is 0 Å². The molecule has 0 saturated heterocycles. The number of hydrogen-bond acceptors (Lipinski definition) is 2. The van der Waals surface area contributed by atoms with E-state index in [1.807, 2.05) is 25.1 Å². The van der Waals surface area contributed by atoms with Crippen LogP contribution in [0.2, 0.25) is 10.0 Å². The summed E-state index contributed by atoms with van der Waals surface area (Å²) in [6.45, 7) is 1.98. The van der Waals surface area contributed by atoms with Gasteiger partial charge in [-0.15, -0.1) is 11.3 Å². The van der Waals surface area contributed by atoms with Gasteiger partial charge in [-0.1, -0.05) is 23.2 Å². The molecule has 1 heterocycles. The molecule has 2 aromatic rings. The second-order valence-corrected chi connectivity index (χ2v) is 5.61.